The molecule has 4 heterocycles. The van der Waals surface area contributed by atoms with Crippen molar-refractivity contribution in [1.82, 2.24) is 24.2 Å². The van der Waals surface area contributed by atoms with Crippen LogP contribution in [0, 0.1) is 0 Å². The van der Waals surface area contributed by atoms with Crippen LogP contribution in [0.5, 0.6) is 0 Å². The molecule has 0 bridgehead atoms. The molecule has 0 N–H and O–H groups in total. The molecular weight excluding hydrogens is 442 g/mol. The monoisotopic (exact) mass is 467 g/mol. The van der Waals surface area contributed by atoms with Crippen LogP contribution in [0.15, 0.2) is 78.8 Å². The molecule has 1 aliphatic rings. The van der Waals surface area contributed by atoms with Crippen LogP contribution >= 0.6 is 11.3 Å². The Morgan fingerprint density at radius 2 is 2.06 bits per heavy atom. The van der Waals surface area contributed by atoms with Crippen molar-refractivity contribution in [3.8, 4) is 5.69 Å². The summed E-state index contributed by atoms with van der Waals surface area (Å²) >= 11 is 1.76. The highest BCUT2D eigenvalue weighted by atomic mass is 32.1. The van der Waals surface area contributed by atoms with Gasteiger partial charge in [0, 0.05) is 35.1 Å². The molecule has 34 heavy (non-hydrogen) atoms. The summed E-state index contributed by atoms with van der Waals surface area (Å²) in [6.07, 6.45) is 6.93. The number of nitrogens with zero attached hydrogens (tertiary/aromatic N) is 5. The van der Waals surface area contributed by atoms with Crippen molar-refractivity contribution in [2.24, 2.45) is 0 Å². The lowest BCUT2D eigenvalue weighted by molar-refractivity contribution is 0.0666. The van der Waals surface area contributed by atoms with Crippen molar-refractivity contribution in [3.63, 3.8) is 0 Å². The fourth-order valence-corrected chi connectivity index (χ4v) is 6.12. The third-order valence-electron chi connectivity index (χ3n) is 6.73. The normalized spacial score (nSPS) is 15.6. The molecular formula is C27H25N5OS. The highest BCUT2D eigenvalue weighted by Gasteiger charge is 2.33. The van der Waals surface area contributed by atoms with Gasteiger partial charge < -0.3 is 9.47 Å². The van der Waals surface area contributed by atoms with Crippen LogP contribution in [-0.4, -0.2) is 36.7 Å². The summed E-state index contributed by atoms with van der Waals surface area (Å²) in [5.74, 6) is 0.111. The van der Waals surface area contributed by atoms with Gasteiger partial charge in [-0.25, -0.2) is 9.67 Å². The van der Waals surface area contributed by atoms with Crippen LogP contribution in [0.1, 0.15) is 39.3 Å². The lowest BCUT2D eigenvalue weighted by Gasteiger charge is -2.36. The molecule has 1 atom stereocenters. The van der Waals surface area contributed by atoms with Crippen molar-refractivity contribution >= 4 is 28.1 Å². The zero-order chi connectivity index (χ0) is 23.1. The van der Waals surface area contributed by atoms with E-state index in [0.717, 1.165) is 48.1 Å². The maximum atomic E-state index is 14.0. The second-order valence-electron chi connectivity index (χ2n) is 8.63. The van der Waals surface area contributed by atoms with Gasteiger partial charge in [-0.15, -0.1) is 11.3 Å². The van der Waals surface area contributed by atoms with Crippen molar-refractivity contribution in [2.75, 3.05) is 6.54 Å². The topological polar surface area (TPSA) is 56.0 Å². The molecule has 6 rings (SSSR count). The Labute approximate surface area is 202 Å². The summed E-state index contributed by atoms with van der Waals surface area (Å²) in [7, 11) is 0. The molecule has 1 aliphatic heterocycles. The zero-order valence-corrected chi connectivity index (χ0v) is 19.8. The minimum absolute atomic E-state index is 0.00554. The first kappa shape index (κ1) is 20.9. The number of rotatable bonds is 5. The minimum Gasteiger partial charge on any atom is -0.347 e. The largest absolute Gasteiger partial charge is 0.347 e. The number of fused-ring (bicyclic) bond motifs is 2. The number of benzene rings is 2. The predicted octanol–water partition coefficient (Wildman–Crippen LogP) is 5.29. The number of hydrogen-bond acceptors (Lipinski definition) is 4. The summed E-state index contributed by atoms with van der Waals surface area (Å²) in [4.78, 5) is 21.5. The molecule has 0 fully saturated rings. The number of thiophene rings is 1. The average Bonchev–Trinajstić information content (AvgIpc) is 3.64. The van der Waals surface area contributed by atoms with Gasteiger partial charge in [-0.3, -0.25) is 4.79 Å². The van der Waals surface area contributed by atoms with E-state index in [0.29, 0.717) is 0 Å². The van der Waals surface area contributed by atoms with E-state index in [4.69, 9.17) is 0 Å². The number of aromatic nitrogens is 4. The highest BCUT2D eigenvalue weighted by Crippen LogP contribution is 2.38. The Morgan fingerprint density at radius 3 is 2.91 bits per heavy atom. The molecule has 1 unspecified atom stereocenters. The fourth-order valence-electron chi connectivity index (χ4n) is 5.05. The summed E-state index contributed by atoms with van der Waals surface area (Å²) in [6, 6.07) is 18.8. The number of carbonyl (C=O) groups excluding carboxylic acids is 1. The standard InChI is InChI=1S/C27H25N5OS/c1-2-30-16-23(22-8-3-4-9-24(22)30)27(33)31-12-10-20-11-13-34-26(20)25(31)15-19-6-5-7-21(14-19)32-18-28-17-29-32/h3-9,11,13-14,16-18,25H,2,10,12,15H2,1H3. The predicted molar refractivity (Wildman–Crippen MR) is 134 cm³/mol. The van der Waals surface area contributed by atoms with Crippen molar-refractivity contribution in [3.05, 3.63) is 100 Å². The van der Waals surface area contributed by atoms with E-state index in [2.05, 4.69) is 62.2 Å². The molecule has 5 aromatic rings. The number of para-hydroxylation sites is 1. The maximum absolute atomic E-state index is 14.0. The molecule has 7 heteroatoms. The molecule has 3 aromatic heterocycles. The quantitative estimate of drug-likeness (QED) is 0.353. The van der Waals surface area contributed by atoms with Crippen LogP contribution in [-0.2, 0) is 19.4 Å². The van der Waals surface area contributed by atoms with Gasteiger partial charge in [0.1, 0.15) is 12.7 Å². The smallest absolute Gasteiger partial charge is 0.256 e. The first-order valence-electron chi connectivity index (χ1n) is 11.6. The number of amides is 1. The molecule has 0 saturated carbocycles. The van der Waals surface area contributed by atoms with Crippen LogP contribution in [0.4, 0.5) is 0 Å². The Hall–Kier alpha value is -3.71. The van der Waals surface area contributed by atoms with Gasteiger partial charge in [0.15, 0.2) is 0 Å². The molecule has 2 aromatic carbocycles. The van der Waals surface area contributed by atoms with Crippen molar-refractivity contribution in [1.29, 1.82) is 0 Å². The zero-order valence-electron chi connectivity index (χ0n) is 19.0. The molecule has 1 amide bonds. The molecule has 0 spiro atoms. The van der Waals surface area contributed by atoms with E-state index in [1.54, 1.807) is 28.7 Å². The average molecular weight is 468 g/mol. The fraction of sp³-hybridized carbons (Fsp3) is 0.222. The van der Waals surface area contributed by atoms with E-state index >= 15 is 0 Å². The molecule has 170 valence electrons. The Bertz CT molecular complexity index is 1470. The highest BCUT2D eigenvalue weighted by molar-refractivity contribution is 7.10. The van der Waals surface area contributed by atoms with Gasteiger partial charge >= 0.3 is 0 Å². The van der Waals surface area contributed by atoms with E-state index in [-0.39, 0.29) is 11.9 Å². The van der Waals surface area contributed by atoms with Crippen molar-refractivity contribution in [2.45, 2.75) is 32.4 Å². The van der Waals surface area contributed by atoms with E-state index < -0.39 is 0 Å². The van der Waals surface area contributed by atoms with Gasteiger partial charge in [-0.1, -0.05) is 30.3 Å². The third kappa shape index (κ3) is 3.53. The van der Waals surface area contributed by atoms with Gasteiger partial charge in [-0.05, 0) is 60.5 Å². The van der Waals surface area contributed by atoms with E-state index in [1.807, 2.05) is 30.5 Å². The molecule has 0 saturated heterocycles. The first-order valence-corrected chi connectivity index (χ1v) is 12.5. The molecule has 6 nitrogen and oxygen atoms in total. The summed E-state index contributed by atoms with van der Waals surface area (Å²) in [5, 5.41) is 7.44. The first-order chi connectivity index (χ1) is 16.7. The second-order valence-corrected chi connectivity index (χ2v) is 9.58. The van der Waals surface area contributed by atoms with Gasteiger partial charge in [-0.2, -0.15) is 5.10 Å². The van der Waals surface area contributed by atoms with Gasteiger partial charge in [0.2, 0.25) is 0 Å². The van der Waals surface area contributed by atoms with Crippen molar-refractivity contribution < 1.29 is 4.79 Å². The van der Waals surface area contributed by atoms with Gasteiger partial charge in [0.25, 0.3) is 5.91 Å². The van der Waals surface area contributed by atoms with Crippen LogP contribution in [0.25, 0.3) is 16.6 Å². The molecule has 0 aliphatic carbocycles. The van der Waals surface area contributed by atoms with Gasteiger partial charge in [0.05, 0.1) is 17.3 Å². The second kappa shape index (κ2) is 8.57. The van der Waals surface area contributed by atoms with Crippen LogP contribution in [0.3, 0.4) is 0 Å². The molecule has 0 radical (unpaired) electrons. The Kier molecular flexibility index (Phi) is 5.26. The van der Waals surface area contributed by atoms with Crippen LogP contribution in [0.2, 0.25) is 0 Å². The lowest BCUT2D eigenvalue weighted by Crippen LogP contribution is -2.40. The Balaban J connectivity index is 1.38. The third-order valence-corrected chi connectivity index (χ3v) is 7.79. The summed E-state index contributed by atoms with van der Waals surface area (Å²) < 4.78 is 3.93. The lowest BCUT2D eigenvalue weighted by atomic mass is 9.94. The minimum atomic E-state index is 0.00554. The van der Waals surface area contributed by atoms with E-state index in [1.165, 1.54) is 16.0 Å². The van der Waals surface area contributed by atoms with E-state index in [9.17, 15) is 4.79 Å². The van der Waals surface area contributed by atoms with Crippen LogP contribution < -0.4 is 0 Å². The number of carbonyl (C=O) groups is 1. The number of hydrogen-bond donors (Lipinski definition) is 0. The summed E-state index contributed by atoms with van der Waals surface area (Å²) in [6.45, 7) is 3.67. The Morgan fingerprint density at radius 1 is 1.15 bits per heavy atom. The maximum Gasteiger partial charge on any atom is 0.256 e. The SMILES string of the molecule is CCn1cc(C(=O)N2CCc3ccsc3C2Cc2cccc(-n3cncn3)c2)c2ccccc21. The number of aryl methyl sites for hydroxylation is 1. The summed E-state index contributed by atoms with van der Waals surface area (Å²) in [5.41, 5.74) is 5.41.